The van der Waals surface area contributed by atoms with Crippen LogP contribution in [-0.2, 0) is 9.53 Å². The summed E-state index contributed by atoms with van der Waals surface area (Å²) in [6.45, 7) is 6.41. The molecule has 1 aromatic heterocycles. The molecule has 2 saturated heterocycles. The minimum atomic E-state index is -0.413. The maximum atomic E-state index is 12.3. The topological polar surface area (TPSA) is 61.9 Å². The molecule has 7 heteroatoms. The molecular formula is C16H23N3O3S. The van der Waals surface area contributed by atoms with Gasteiger partial charge in [-0.2, -0.15) is 0 Å². The summed E-state index contributed by atoms with van der Waals surface area (Å²) in [5.74, 6) is -0.479. The standard InChI is InChI=1S/C16H23N3O3S/c1-11-8-13(16(21)22-2)15(23-11)17-14(20)10-18-6-7-19-5-3-4-12(19)9-18/h8,12H,3-7,9-10H2,1-2H3,(H,17,20). The Bertz CT molecular complexity index is 601. The third-order valence-electron chi connectivity index (χ3n) is 4.55. The van der Waals surface area contributed by atoms with Crippen molar-refractivity contribution in [3.8, 4) is 0 Å². The molecule has 0 aromatic carbocycles. The summed E-state index contributed by atoms with van der Waals surface area (Å²) in [6.07, 6.45) is 2.50. The molecule has 2 fully saturated rings. The molecule has 2 aliphatic heterocycles. The average molecular weight is 337 g/mol. The Kier molecular flexibility index (Phi) is 4.99. The number of methoxy groups -OCH3 is 1. The van der Waals surface area contributed by atoms with Gasteiger partial charge < -0.3 is 10.1 Å². The quantitative estimate of drug-likeness (QED) is 0.845. The lowest BCUT2D eigenvalue weighted by Gasteiger charge is -2.37. The first-order valence-corrected chi connectivity index (χ1v) is 8.83. The van der Waals surface area contributed by atoms with Crippen LogP contribution in [0.2, 0.25) is 0 Å². The van der Waals surface area contributed by atoms with Gasteiger partial charge in [0.05, 0.1) is 19.2 Å². The molecule has 23 heavy (non-hydrogen) atoms. The van der Waals surface area contributed by atoms with Crippen LogP contribution >= 0.6 is 11.3 Å². The number of esters is 1. The summed E-state index contributed by atoms with van der Waals surface area (Å²) < 4.78 is 4.77. The van der Waals surface area contributed by atoms with Crippen LogP contribution in [0.4, 0.5) is 5.00 Å². The Morgan fingerprint density at radius 3 is 3.00 bits per heavy atom. The van der Waals surface area contributed by atoms with E-state index >= 15 is 0 Å². The molecule has 1 atom stereocenters. The maximum Gasteiger partial charge on any atom is 0.340 e. The van der Waals surface area contributed by atoms with Crippen molar-refractivity contribution < 1.29 is 14.3 Å². The van der Waals surface area contributed by atoms with Crippen LogP contribution in [0.3, 0.4) is 0 Å². The summed E-state index contributed by atoms with van der Waals surface area (Å²) in [5.41, 5.74) is 0.434. The highest BCUT2D eigenvalue weighted by Gasteiger charge is 2.31. The number of nitrogens with one attached hydrogen (secondary N) is 1. The number of rotatable bonds is 4. The van der Waals surface area contributed by atoms with Crippen LogP contribution < -0.4 is 5.32 Å². The molecule has 0 radical (unpaired) electrons. The number of hydrogen-bond donors (Lipinski definition) is 1. The zero-order valence-electron chi connectivity index (χ0n) is 13.6. The maximum absolute atomic E-state index is 12.3. The average Bonchev–Trinajstić information content (AvgIpc) is 3.12. The molecule has 0 spiro atoms. The lowest BCUT2D eigenvalue weighted by Crippen LogP contribution is -2.51. The first-order valence-electron chi connectivity index (χ1n) is 8.02. The van der Waals surface area contributed by atoms with E-state index in [0.717, 1.165) is 24.5 Å². The molecule has 0 aliphatic carbocycles. The van der Waals surface area contributed by atoms with Crippen LogP contribution in [0.25, 0.3) is 0 Å². The third kappa shape index (κ3) is 3.73. The number of ether oxygens (including phenoxy) is 1. The Labute approximate surface area is 140 Å². The number of amides is 1. The fourth-order valence-electron chi connectivity index (χ4n) is 3.44. The van der Waals surface area contributed by atoms with Crippen LogP contribution in [0, 0.1) is 6.92 Å². The Morgan fingerprint density at radius 1 is 1.39 bits per heavy atom. The van der Waals surface area contributed by atoms with Crippen molar-refractivity contribution in [3.05, 3.63) is 16.5 Å². The molecule has 1 N–H and O–H groups in total. The van der Waals surface area contributed by atoms with Crippen molar-refractivity contribution in [2.75, 3.05) is 45.2 Å². The van der Waals surface area contributed by atoms with E-state index in [1.807, 2.05) is 6.92 Å². The Balaban J connectivity index is 1.58. The lowest BCUT2D eigenvalue weighted by atomic mass is 10.1. The molecule has 2 aliphatic rings. The van der Waals surface area contributed by atoms with Crippen LogP contribution in [0.1, 0.15) is 28.1 Å². The second-order valence-corrected chi connectivity index (χ2v) is 7.46. The molecule has 3 rings (SSSR count). The number of thiophene rings is 1. The van der Waals surface area contributed by atoms with E-state index in [4.69, 9.17) is 4.74 Å². The normalized spacial score (nSPS) is 21.9. The molecule has 6 nitrogen and oxygen atoms in total. The van der Waals surface area contributed by atoms with Crippen molar-refractivity contribution >= 4 is 28.2 Å². The highest BCUT2D eigenvalue weighted by Crippen LogP contribution is 2.28. The van der Waals surface area contributed by atoms with Gasteiger partial charge in [-0.3, -0.25) is 14.6 Å². The highest BCUT2D eigenvalue weighted by atomic mass is 32.1. The van der Waals surface area contributed by atoms with Gasteiger partial charge in [0.2, 0.25) is 5.91 Å². The second-order valence-electron chi connectivity index (χ2n) is 6.21. The lowest BCUT2D eigenvalue weighted by molar-refractivity contribution is -0.117. The van der Waals surface area contributed by atoms with Crippen LogP contribution in [0.5, 0.6) is 0 Å². The Morgan fingerprint density at radius 2 is 2.22 bits per heavy atom. The van der Waals surface area contributed by atoms with E-state index in [1.165, 1.54) is 37.8 Å². The van der Waals surface area contributed by atoms with Gasteiger partial charge >= 0.3 is 5.97 Å². The van der Waals surface area contributed by atoms with Gasteiger partial charge in [-0.25, -0.2) is 4.79 Å². The van der Waals surface area contributed by atoms with E-state index in [0.29, 0.717) is 23.2 Å². The van der Waals surface area contributed by atoms with Gasteiger partial charge in [0.1, 0.15) is 5.00 Å². The number of anilines is 1. The minimum absolute atomic E-state index is 0.0662. The smallest absolute Gasteiger partial charge is 0.340 e. The van der Waals surface area contributed by atoms with Crippen molar-refractivity contribution in [2.24, 2.45) is 0 Å². The number of carbonyl (C=O) groups is 2. The zero-order chi connectivity index (χ0) is 16.4. The molecule has 3 heterocycles. The SMILES string of the molecule is COC(=O)c1cc(C)sc1NC(=O)CN1CCN2CCCC2C1. The first-order chi connectivity index (χ1) is 11.1. The summed E-state index contributed by atoms with van der Waals surface area (Å²) >= 11 is 1.40. The Hall–Kier alpha value is -1.44. The number of hydrogen-bond acceptors (Lipinski definition) is 6. The van der Waals surface area contributed by atoms with Crippen molar-refractivity contribution in [1.82, 2.24) is 9.80 Å². The van der Waals surface area contributed by atoms with E-state index in [1.54, 1.807) is 6.07 Å². The highest BCUT2D eigenvalue weighted by molar-refractivity contribution is 7.16. The van der Waals surface area contributed by atoms with Crippen molar-refractivity contribution in [2.45, 2.75) is 25.8 Å². The predicted octanol–water partition coefficient (Wildman–Crippen LogP) is 1.56. The molecule has 126 valence electrons. The van der Waals surface area contributed by atoms with Gasteiger partial charge in [0.15, 0.2) is 0 Å². The van der Waals surface area contributed by atoms with Crippen LogP contribution in [-0.4, -0.2) is 67.6 Å². The number of piperazine rings is 1. The summed E-state index contributed by atoms with van der Waals surface area (Å²) in [7, 11) is 1.35. The second kappa shape index (κ2) is 6.98. The van der Waals surface area contributed by atoms with Crippen LogP contribution in [0.15, 0.2) is 6.07 Å². The number of carbonyl (C=O) groups excluding carboxylic acids is 2. The molecule has 1 unspecified atom stereocenters. The van der Waals surface area contributed by atoms with Gasteiger partial charge in [-0.15, -0.1) is 11.3 Å². The fourth-order valence-corrected chi connectivity index (χ4v) is 4.35. The summed E-state index contributed by atoms with van der Waals surface area (Å²) in [5, 5.41) is 3.46. The predicted molar refractivity (Wildman–Crippen MR) is 90.1 cm³/mol. The van der Waals surface area contributed by atoms with E-state index in [-0.39, 0.29) is 5.91 Å². The third-order valence-corrected chi connectivity index (χ3v) is 5.52. The van der Waals surface area contributed by atoms with Gasteiger partial charge in [-0.1, -0.05) is 0 Å². The van der Waals surface area contributed by atoms with Crippen molar-refractivity contribution in [3.63, 3.8) is 0 Å². The molecule has 0 bridgehead atoms. The minimum Gasteiger partial charge on any atom is -0.465 e. The number of aryl methyl sites for hydroxylation is 1. The van der Waals surface area contributed by atoms with Gasteiger partial charge in [0, 0.05) is 30.6 Å². The van der Waals surface area contributed by atoms with Gasteiger partial charge in [0.25, 0.3) is 0 Å². The number of fused-ring (bicyclic) bond motifs is 1. The summed E-state index contributed by atoms with van der Waals surface area (Å²) in [4.78, 5) is 29.8. The van der Waals surface area contributed by atoms with E-state index in [9.17, 15) is 9.59 Å². The number of nitrogens with zero attached hydrogens (tertiary/aromatic N) is 2. The monoisotopic (exact) mass is 337 g/mol. The summed E-state index contributed by atoms with van der Waals surface area (Å²) in [6, 6.07) is 2.36. The zero-order valence-corrected chi connectivity index (χ0v) is 14.4. The first kappa shape index (κ1) is 16.4. The van der Waals surface area contributed by atoms with Gasteiger partial charge in [-0.05, 0) is 32.4 Å². The van der Waals surface area contributed by atoms with E-state index in [2.05, 4.69) is 15.1 Å². The molecular weight excluding hydrogens is 314 g/mol. The van der Waals surface area contributed by atoms with Crippen molar-refractivity contribution in [1.29, 1.82) is 0 Å². The van der Waals surface area contributed by atoms with E-state index < -0.39 is 5.97 Å². The molecule has 1 aromatic rings. The molecule has 1 amide bonds. The fraction of sp³-hybridized carbons (Fsp3) is 0.625. The largest absolute Gasteiger partial charge is 0.465 e. The molecule has 0 saturated carbocycles.